The maximum absolute atomic E-state index is 14.9. The number of halogens is 2. The fourth-order valence-electron chi connectivity index (χ4n) is 4.44. The van der Waals surface area contributed by atoms with Gasteiger partial charge in [0.15, 0.2) is 0 Å². The van der Waals surface area contributed by atoms with Crippen LogP contribution in [0.25, 0.3) is 0 Å². The van der Waals surface area contributed by atoms with Crippen LogP contribution in [-0.4, -0.2) is 61.4 Å². The number of amides is 1. The normalized spacial score (nSPS) is 28.4. The highest BCUT2D eigenvalue weighted by atomic mass is 32.3. The van der Waals surface area contributed by atoms with Gasteiger partial charge in [0.1, 0.15) is 27.9 Å². The van der Waals surface area contributed by atoms with Crippen molar-refractivity contribution in [1.29, 1.82) is 5.41 Å². The van der Waals surface area contributed by atoms with Crippen LogP contribution in [0.1, 0.15) is 29.4 Å². The highest BCUT2D eigenvalue weighted by Crippen LogP contribution is 2.61. The van der Waals surface area contributed by atoms with E-state index in [0.717, 1.165) is 12.3 Å². The zero-order chi connectivity index (χ0) is 23.3. The van der Waals surface area contributed by atoms with E-state index >= 15 is 0 Å². The SMILES string of the molecule is CN1CCC2(C1)C(=N)N[C@](C)(c1cc(NC(=O)c3ccc(F)cn3)ccc1F)CS2(O)O. The number of anilines is 1. The molecule has 0 bridgehead atoms. The molecule has 3 heterocycles. The van der Waals surface area contributed by atoms with E-state index in [4.69, 9.17) is 5.41 Å². The van der Waals surface area contributed by atoms with Crippen molar-refractivity contribution in [3.63, 3.8) is 0 Å². The monoisotopic (exact) mass is 465 g/mol. The Balaban J connectivity index is 1.63. The van der Waals surface area contributed by atoms with Crippen molar-refractivity contribution in [3.05, 3.63) is 59.4 Å². The largest absolute Gasteiger partial charge is 0.361 e. The molecule has 1 amide bonds. The Morgan fingerprint density at radius 3 is 2.66 bits per heavy atom. The smallest absolute Gasteiger partial charge is 0.274 e. The third kappa shape index (κ3) is 3.75. The number of nitrogens with one attached hydrogen (secondary N) is 3. The summed E-state index contributed by atoms with van der Waals surface area (Å²) in [5.74, 6) is -1.99. The van der Waals surface area contributed by atoms with Crippen molar-refractivity contribution in [2.24, 2.45) is 0 Å². The van der Waals surface area contributed by atoms with Crippen molar-refractivity contribution >= 4 is 28.0 Å². The van der Waals surface area contributed by atoms with E-state index < -0.39 is 38.4 Å². The minimum atomic E-state index is -3.29. The van der Waals surface area contributed by atoms with Gasteiger partial charge in [-0.25, -0.2) is 13.8 Å². The number of amidine groups is 1. The summed E-state index contributed by atoms with van der Waals surface area (Å²) in [7, 11) is -1.43. The lowest BCUT2D eigenvalue weighted by Crippen LogP contribution is -2.64. The van der Waals surface area contributed by atoms with E-state index in [2.05, 4.69) is 15.6 Å². The van der Waals surface area contributed by atoms with E-state index in [1.54, 1.807) is 6.92 Å². The Bertz CT molecular complexity index is 1080. The number of hydrogen-bond acceptors (Lipinski definition) is 6. The van der Waals surface area contributed by atoms with Crippen LogP contribution in [0.3, 0.4) is 0 Å². The summed E-state index contributed by atoms with van der Waals surface area (Å²) in [5.41, 5.74) is -0.943. The predicted molar refractivity (Wildman–Crippen MR) is 119 cm³/mol. The summed E-state index contributed by atoms with van der Waals surface area (Å²) in [4.78, 5) is 18.1. The maximum atomic E-state index is 14.9. The number of aromatic nitrogens is 1. The lowest BCUT2D eigenvalue weighted by Gasteiger charge is -2.57. The van der Waals surface area contributed by atoms with Crippen LogP contribution < -0.4 is 10.6 Å². The molecule has 1 unspecified atom stereocenters. The molecule has 2 fully saturated rings. The number of benzene rings is 1. The average molecular weight is 466 g/mol. The van der Waals surface area contributed by atoms with Gasteiger partial charge in [0.25, 0.3) is 5.91 Å². The minimum Gasteiger partial charge on any atom is -0.361 e. The number of nitrogens with zero attached hydrogens (tertiary/aromatic N) is 2. The molecule has 32 heavy (non-hydrogen) atoms. The topological polar surface area (TPSA) is 122 Å². The Morgan fingerprint density at radius 2 is 2.06 bits per heavy atom. The first-order valence-corrected chi connectivity index (χ1v) is 11.7. The lowest BCUT2D eigenvalue weighted by atomic mass is 9.90. The standard InChI is InChI=1S/C21H25F2N5O3S/c1-20(12-32(30,31)21(19(24)27-20)7-8-28(2)11-21)15-9-14(4-5-16(15)23)26-18(29)17-6-3-13(22)10-25-17/h3-6,9-10,30-31H,7-8,11-12H2,1-2H3,(H2,24,27)(H,26,29)/t20-,21?/m0/s1. The van der Waals surface area contributed by atoms with Crippen molar-refractivity contribution in [3.8, 4) is 0 Å². The molecule has 2 saturated heterocycles. The van der Waals surface area contributed by atoms with Crippen molar-refractivity contribution in [1.82, 2.24) is 15.2 Å². The van der Waals surface area contributed by atoms with Gasteiger partial charge in [0, 0.05) is 24.3 Å². The highest BCUT2D eigenvalue weighted by molar-refractivity contribution is 8.26. The number of carbonyl (C=O) groups excluding carboxylic acids is 1. The van der Waals surface area contributed by atoms with Gasteiger partial charge in [-0.3, -0.25) is 19.3 Å². The predicted octanol–water partition coefficient (Wildman–Crippen LogP) is 3.23. The Hall–Kier alpha value is -2.60. The summed E-state index contributed by atoms with van der Waals surface area (Å²) in [6.07, 6.45) is 1.35. The van der Waals surface area contributed by atoms with Crippen molar-refractivity contribution in [2.45, 2.75) is 23.6 Å². The molecule has 0 saturated carbocycles. The van der Waals surface area contributed by atoms with E-state index in [0.29, 0.717) is 19.5 Å². The summed E-state index contributed by atoms with van der Waals surface area (Å²) in [5, 5.41) is 14.2. The molecule has 2 aliphatic heterocycles. The quantitative estimate of drug-likeness (QED) is 0.475. The molecule has 172 valence electrons. The first-order chi connectivity index (χ1) is 15.0. The van der Waals surface area contributed by atoms with E-state index in [9.17, 15) is 22.7 Å². The lowest BCUT2D eigenvalue weighted by molar-refractivity contribution is 0.102. The van der Waals surface area contributed by atoms with Crippen LogP contribution in [0.5, 0.6) is 0 Å². The second-order valence-corrected chi connectivity index (χ2v) is 11.0. The van der Waals surface area contributed by atoms with Crippen molar-refractivity contribution in [2.75, 3.05) is 31.2 Å². The second-order valence-electron chi connectivity index (χ2n) is 8.64. The van der Waals surface area contributed by atoms with Gasteiger partial charge < -0.3 is 15.5 Å². The van der Waals surface area contributed by atoms with E-state index in [1.807, 2.05) is 11.9 Å². The summed E-state index contributed by atoms with van der Waals surface area (Å²) in [6, 6.07) is 6.26. The fraction of sp³-hybridized carbons (Fsp3) is 0.381. The Kier molecular flexibility index (Phi) is 5.48. The molecule has 1 aromatic heterocycles. The molecule has 8 nitrogen and oxygen atoms in total. The number of pyridine rings is 1. The minimum absolute atomic E-state index is 0.0115. The van der Waals surface area contributed by atoms with Crippen LogP contribution in [0.15, 0.2) is 36.5 Å². The third-order valence-electron chi connectivity index (χ3n) is 6.17. The summed E-state index contributed by atoms with van der Waals surface area (Å²) >= 11 is 0. The number of hydrogen-bond donors (Lipinski definition) is 5. The van der Waals surface area contributed by atoms with Crippen LogP contribution >= 0.6 is 10.6 Å². The molecule has 1 aromatic carbocycles. The highest BCUT2D eigenvalue weighted by Gasteiger charge is 2.58. The van der Waals surface area contributed by atoms with E-state index in [-0.39, 0.29) is 28.5 Å². The Morgan fingerprint density at radius 1 is 1.31 bits per heavy atom. The first-order valence-electron chi connectivity index (χ1n) is 10.00. The van der Waals surface area contributed by atoms with E-state index in [1.165, 1.54) is 24.3 Å². The van der Waals surface area contributed by atoms with Gasteiger partial charge in [0.05, 0.1) is 17.5 Å². The van der Waals surface area contributed by atoms with Crippen molar-refractivity contribution < 1.29 is 22.7 Å². The molecule has 2 aliphatic rings. The molecule has 0 radical (unpaired) electrons. The van der Waals surface area contributed by atoms with Crippen LogP contribution in [0.2, 0.25) is 0 Å². The number of carbonyl (C=O) groups is 1. The molecular weight excluding hydrogens is 440 g/mol. The van der Waals surface area contributed by atoms with Gasteiger partial charge in [0.2, 0.25) is 0 Å². The summed E-state index contributed by atoms with van der Waals surface area (Å²) in [6.45, 7) is 2.57. The fourth-order valence-corrected chi connectivity index (χ4v) is 6.98. The maximum Gasteiger partial charge on any atom is 0.274 e. The molecule has 0 aliphatic carbocycles. The zero-order valence-corrected chi connectivity index (χ0v) is 18.5. The van der Waals surface area contributed by atoms with Gasteiger partial charge in [-0.05, 0) is 50.7 Å². The van der Waals surface area contributed by atoms with Crippen LogP contribution in [0, 0.1) is 17.0 Å². The molecular formula is C21H25F2N5O3S. The van der Waals surface area contributed by atoms with Gasteiger partial charge in [-0.1, -0.05) is 0 Å². The number of rotatable bonds is 3. The van der Waals surface area contributed by atoms with Gasteiger partial charge in [-0.2, -0.15) is 10.6 Å². The Labute approximate surface area is 185 Å². The number of likely N-dealkylation sites (tertiary alicyclic amines) is 1. The average Bonchev–Trinajstić information content (AvgIpc) is 3.12. The summed E-state index contributed by atoms with van der Waals surface area (Å²) < 4.78 is 49.0. The van der Waals surface area contributed by atoms with Crippen LogP contribution in [0.4, 0.5) is 14.5 Å². The molecule has 1 spiro atoms. The van der Waals surface area contributed by atoms with Gasteiger partial charge in [-0.15, -0.1) is 0 Å². The van der Waals surface area contributed by atoms with Crippen LogP contribution in [-0.2, 0) is 5.54 Å². The molecule has 11 heteroatoms. The molecule has 5 N–H and O–H groups in total. The van der Waals surface area contributed by atoms with Gasteiger partial charge >= 0.3 is 0 Å². The molecule has 2 atom stereocenters. The third-order valence-corrected chi connectivity index (χ3v) is 8.94. The molecule has 2 aromatic rings. The first kappa shape index (κ1) is 22.6. The zero-order valence-electron chi connectivity index (χ0n) is 17.7. The second kappa shape index (κ2) is 7.77. The molecule has 4 rings (SSSR count).